The van der Waals surface area contributed by atoms with Crippen molar-refractivity contribution in [3.63, 3.8) is 0 Å². The molecule has 8 nitrogen and oxygen atoms in total. The standard InChI is InChI=1S/C26H27F3N4O4/c1-16-3-4-20(31-25(35)18-5-6-30-22(11-18)26(27,28)29)14-21(16)19-12-23(33-7-9-36-10-8-33)32-24(13-19)37-15-17(2)34/h3-6,11-14,17,34H,7-10,15H2,1-2H3,(H,31,35)/t17-/m0/s1. The van der Waals surface area contributed by atoms with Gasteiger partial charge in [0.05, 0.1) is 19.3 Å². The highest BCUT2D eigenvalue weighted by molar-refractivity contribution is 6.04. The number of morpholine rings is 1. The number of pyridine rings is 2. The molecule has 0 bridgehead atoms. The van der Waals surface area contributed by atoms with Crippen molar-refractivity contribution in [2.24, 2.45) is 0 Å². The molecular formula is C26H27F3N4O4. The summed E-state index contributed by atoms with van der Waals surface area (Å²) in [5, 5.41) is 12.3. The number of rotatable bonds is 7. The minimum Gasteiger partial charge on any atom is -0.475 e. The number of halogens is 3. The lowest BCUT2D eigenvalue weighted by Gasteiger charge is -2.28. The fourth-order valence-corrected chi connectivity index (χ4v) is 3.82. The number of ether oxygens (including phenoxy) is 2. The third kappa shape index (κ3) is 6.75. The average Bonchev–Trinajstić information content (AvgIpc) is 2.88. The van der Waals surface area contributed by atoms with Gasteiger partial charge in [-0.25, -0.2) is 0 Å². The lowest BCUT2D eigenvalue weighted by Crippen LogP contribution is -2.36. The number of hydrogen-bond acceptors (Lipinski definition) is 7. The summed E-state index contributed by atoms with van der Waals surface area (Å²) in [5.41, 5.74) is 1.57. The molecular weight excluding hydrogens is 489 g/mol. The van der Waals surface area contributed by atoms with Crippen LogP contribution in [0.1, 0.15) is 28.5 Å². The predicted octanol–water partition coefficient (Wildman–Crippen LogP) is 4.32. The van der Waals surface area contributed by atoms with Gasteiger partial charge in [0.15, 0.2) is 0 Å². The SMILES string of the molecule is Cc1ccc(NC(=O)c2ccnc(C(F)(F)F)c2)cc1-c1cc(OC[C@H](C)O)nc(N2CCOCC2)c1. The number of anilines is 2. The van der Waals surface area contributed by atoms with Gasteiger partial charge < -0.3 is 24.8 Å². The Bertz CT molecular complexity index is 1260. The first kappa shape index (κ1) is 26.4. The zero-order valence-corrected chi connectivity index (χ0v) is 20.4. The second kappa shape index (κ2) is 11.1. The molecule has 3 heterocycles. The number of benzene rings is 1. The molecule has 3 aromatic rings. The number of aromatic nitrogens is 2. The van der Waals surface area contributed by atoms with E-state index in [9.17, 15) is 23.1 Å². The normalized spacial score (nSPS) is 14.8. The summed E-state index contributed by atoms with van der Waals surface area (Å²) in [4.78, 5) is 22.7. The zero-order valence-electron chi connectivity index (χ0n) is 20.4. The molecule has 11 heteroatoms. The lowest BCUT2D eigenvalue weighted by molar-refractivity contribution is -0.141. The van der Waals surface area contributed by atoms with E-state index in [4.69, 9.17) is 9.47 Å². The highest BCUT2D eigenvalue weighted by Crippen LogP contribution is 2.33. The molecule has 0 aliphatic carbocycles. The molecule has 2 N–H and O–H groups in total. The minimum absolute atomic E-state index is 0.0694. The van der Waals surface area contributed by atoms with Crippen molar-refractivity contribution < 1.29 is 32.5 Å². The van der Waals surface area contributed by atoms with Gasteiger partial charge in [0.1, 0.15) is 18.1 Å². The number of aryl methyl sites for hydroxylation is 1. The van der Waals surface area contributed by atoms with E-state index in [1.165, 1.54) is 6.07 Å². The first-order chi connectivity index (χ1) is 17.6. The van der Waals surface area contributed by atoms with Gasteiger partial charge in [0.2, 0.25) is 5.88 Å². The molecule has 0 spiro atoms. The second-order valence-electron chi connectivity index (χ2n) is 8.72. The third-order valence-corrected chi connectivity index (χ3v) is 5.71. The Morgan fingerprint density at radius 3 is 2.65 bits per heavy atom. The van der Waals surface area contributed by atoms with Crippen LogP contribution in [0.5, 0.6) is 5.88 Å². The van der Waals surface area contributed by atoms with E-state index in [2.05, 4.69) is 20.2 Å². The van der Waals surface area contributed by atoms with Crippen molar-refractivity contribution in [1.82, 2.24) is 9.97 Å². The Balaban J connectivity index is 1.64. The molecule has 2 aromatic heterocycles. The van der Waals surface area contributed by atoms with Gasteiger partial charge in [-0.1, -0.05) is 6.07 Å². The van der Waals surface area contributed by atoms with Gasteiger partial charge in [0, 0.05) is 36.6 Å². The van der Waals surface area contributed by atoms with Crippen LogP contribution < -0.4 is 15.0 Å². The van der Waals surface area contributed by atoms with Crippen molar-refractivity contribution in [2.75, 3.05) is 43.1 Å². The van der Waals surface area contributed by atoms with Crippen molar-refractivity contribution in [3.8, 4) is 17.0 Å². The van der Waals surface area contributed by atoms with Gasteiger partial charge in [0.25, 0.3) is 5.91 Å². The predicted molar refractivity (Wildman–Crippen MR) is 132 cm³/mol. The van der Waals surface area contributed by atoms with Gasteiger partial charge in [-0.2, -0.15) is 18.2 Å². The van der Waals surface area contributed by atoms with Gasteiger partial charge >= 0.3 is 6.18 Å². The van der Waals surface area contributed by atoms with E-state index >= 15 is 0 Å². The molecule has 4 rings (SSSR count). The Morgan fingerprint density at radius 2 is 1.95 bits per heavy atom. The van der Waals surface area contributed by atoms with Crippen LogP contribution in [0.3, 0.4) is 0 Å². The number of alkyl halides is 3. The summed E-state index contributed by atoms with van der Waals surface area (Å²) in [6, 6.07) is 10.8. The molecule has 0 saturated carbocycles. The number of carbonyl (C=O) groups excluding carboxylic acids is 1. The minimum atomic E-state index is -4.65. The Labute approximate surface area is 212 Å². The van der Waals surface area contributed by atoms with Crippen LogP contribution >= 0.6 is 0 Å². The van der Waals surface area contributed by atoms with Crippen molar-refractivity contribution in [3.05, 3.63) is 65.5 Å². The summed E-state index contributed by atoms with van der Waals surface area (Å²) >= 11 is 0. The van der Waals surface area contributed by atoms with Crippen molar-refractivity contribution in [2.45, 2.75) is 26.1 Å². The van der Waals surface area contributed by atoms with Crippen molar-refractivity contribution >= 4 is 17.4 Å². The highest BCUT2D eigenvalue weighted by Gasteiger charge is 2.33. The van der Waals surface area contributed by atoms with E-state index in [1.54, 1.807) is 25.1 Å². The Morgan fingerprint density at radius 1 is 1.19 bits per heavy atom. The van der Waals surface area contributed by atoms with E-state index in [1.807, 2.05) is 19.1 Å². The van der Waals surface area contributed by atoms with E-state index in [-0.39, 0.29) is 12.2 Å². The van der Waals surface area contributed by atoms with Crippen molar-refractivity contribution in [1.29, 1.82) is 0 Å². The molecule has 1 saturated heterocycles. The fraction of sp³-hybridized carbons (Fsp3) is 0.346. The maximum absolute atomic E-state index is 13.0. The molecule has 1 fully saturated rings. The van der Waals surface area contributed by atoms with E-state index in [0.717, 1.165) is 22.9 Å². The molecule has 1 aliphatic heterocycles. The van der Waals surface area contributed by atoms with Crippen LogP contribution in [0.25, 0.3) is 11.1 Å². The molecule has 1 atom stereocenters. The number of amides is 1. The summed E-state index contributed by atoms with van der Waals surface area (Å²) in [6.07, 6.45) is -4.37. The smallest absolute Gasteiger partial charge is 0.433 e. The maximum Gasteiger partial charge on any atom is 0.433 e. The highest BCUT2D eigenvalue weighted by atomic mass is 19.4. The summed E-state index contributed by atoms with van der Waals surface area (Å²) in [5.74, 6) is 0.337. The van der Waals surface area contributed by atoms with Crippen LogP contribution in [-0.2, 0) is 10.9 Å². The van der Waals surface area contributed by atoms with Gasteiger partial charge in [-0.3, -0.25) is 9.78 Å². The molecule has 0 radical (unpaired) electrons. The van der Waals surface area contributed by atoms with Gasteiger partial charge in [-0.05, 0) is 60.9 Å². The molecule has 1 aromatic carbocycles. The quantitative estimate of drug-likeness (QED) is 0.483. The summed E-state index contributed by atoms with van der Waals surface area (Å²) < 4.78 is 50.2. The first-order valence-electron chi connectivity index (χ1n) is 11.7. The Kier molecular flexibility index (Phi) is 7.94. The van der Waals surface area contributed by atoms with Crippen LogP contribution in [0.15, 0.2) is 48.7 Å². The number of nitrogens with one attached hydrogen (secondary N) is 1. The fourth-order valence-electron chi connectivity index (χ4n) is 3.82. The first-order valence-corrected chi connectivity index (χ1v) is 11.7. The topological polar surface area (TPSA) is 96.8 Å². The number of aliphatic hydroxyl groups excluding tert-OH is 1. The summed E-state index contributed by atoms with van der Waals surface area (Å²) in [6.45, 7) is 6.05. The lowest BCUT2D eigenvalue weighted by atomic mass is 10.00. The van der Waals surface area contributed by atoms with E-state index in [0.29, 0.717) is 49.8 Å². The zero-order chi connectivity index (χ0) is 26.6. The third-order valence-electron chi connectivity index (χ3n) is 5.71. The number of carbonyl (C=O) groups is 1. The molecule has 37 heavy (non-hydrogen) atoms. The second-order valence-corrected chi connectivity index (χ2v) is 8.72. The number of aliphatic hydroxyl groups is 1. The average molecular weight is 517 g/mol. The summed E-state index contributed by atoms with van der Waals surface area (Å²) in [7, 11) is 0. The van der Waals surface area contributed by atoms with Crippen LogP contribution in [0.2, 0.25) is 0 Å². The molecule has 0 unspecified atom stereocenters. The molecule has 196 valence electrons. The van der Waals surface area contributed by atoms with Gasteiger partial charge in [-0.15, -0.1) is 0 Å². The van der Waals surface area contributed by atoms with Crippen LogP contribution in [0, 0.1) is 6.92 Å². The molecule has 1 amide bonds. The Hall–Kier alpha value is -3.70. The monoisotopic (exact) mass is 516 g/mol. The number of nitrogens with zero attached hydrogens (tertiary/aromatic N) is 3. The van der Waals surface area contributed by atoms with Crippen LogP contribution in [-0.4, -0.2) is 60.0 Å². The van der Waals surface area contributed by atoms with Crippen LogP contribution in [0.4, 0.5) is 24.7 Å². The largest absolute Gasteiger partial charge is 0.475 e. The maximum atomic E-state index is 13.0. The van der Waals surface area contributed by atoms with E-state index < -0.39 is 23.9 Å². The molecule has 1 aliphatic rings. The number of hydrogen-bond donors (Lipinski definition) is 2.